The first-order valence-electron chi connectivity index (χ1n) is 6.54. The molecule has 5 heteroatoms. The van der Waals surface area contributed by atoms with Crippen molar-refractivity contribution in [3.05, 3.63) is 84.2 Å². The molecule has 1 aliphatic rings. The van der Waals surface area contributed by atoms with Gasteiger partial charge in [0, 0.05) is 17.1 Å². The topological polar surface area (TPSA) is 0 Å². The smallest absolute Gasteiger partial charge is 0 e. The van der Waals surface area contributed by atoms with Crippen molar-refractivity contribution in [3.8, 4) is 0 Å². The molecule has 0 amide bonds. The fourth-order valence-electron chi connectivity index (χ4n) is 2.35. The fraction of sp³-hybridized carbons (Fsp3) is 0.0588. The Balaban J connectivity index is 0.000000562. The Morgan fingerprint density at radius 2 is 1.27 bits per heavy atom. The zero-order valence-corrected chi connectivity index (χ0v) is 16.8. The maximum absolute atomic E-state index is 4.81. The number of hydrogen-bond acceptors (Lipinski definition) is 0. The van der Waals surface area contributed by atoms with E-state index < -0.39 is 7.92 Å². The minimum Gasteiger partial charge on any atom is 0 e. The van der Waals surface area contributed by atoms with E-state index in [1.807, 2.05) is 0 Å². The number of hydrogen-bond donors (Lipinski definition) is 0. The third-order valence-electron chi connectivity index (χ3n) is 3.18. The van der Waals surface area contributed by atoms with Crippen LogP contribution in [0.2, 0.25) is 0 Å². The van der Waals surface area contributed by atoms with Gasteiger partial charge in [0.25, 0.3) is 0 Å². The number of halogens is 2. The molecule has 0 radical (unpaired) electrons. The van der Waals surface area contributed by atoms with Gasteiger partial charge in [-0.05, 0) is 42.8 Å². The molecule has 1 aliphatic carbocycles. The van der Waals surface area contributed by atoms with Crippen molar-refractivity contribution < 1.29 is 33.0 Å². The van der Waals surface area contributed by atoms with Crippen LogP contribution in [0, 0.1) is 0 Å². The van der Waals surface area contributed by atoms with Gasteiger partial charge in [-0.25, -0.2) is 0 Å². The van der Waals surface area contributed by atoms with Gasteiger partial charge < -0.3 is 0 Å². The average molecular weight is 484 g/mol. The van der Waals surface area contributed by atoms with Crippen molar-refractivity contribution >= 4 is 37.6 Å². The molecule has 2 aromatic rings. The number of benzene rings is 2. The molecule has 0 N–H and O–H groups in total. The quantitative estimate of drug-likeness (QED) is 0.422. The first-order valence-corrected chi connectivity index (χ1v) is 12.0. The van der Waals surface area contributed by atoms with Crippen molar-refractivity contribution in [3.63, 3.8) is 0 Å². The molecule has 0 unspecified atom stereocenters. The molecule has 0 nitrogen and oxygen atoms in total. The number of rotatable bonds is 3. The van der Waals surface area contributed by atoms with Gasteiger partial charge >= 0.3 is 35.0 Å². The van der Waals surface area contributed by atoms with E-state index in [-0.39, 0.29) is 33.0 Å². The predicted molar refractivity (Wildman–Crippen MR) is 94.0 cm³/mol. The maximum atomic E-state index is 4.81. The molecule has 2 aromatic carbocycles. The summed E-state index contributed by atoms with van der Waals surface area (Å²) in [6.07, 6.45) is 8.01. The summed E-state index contributed by atoms with van der Waals surface area (Å²) in [5.41, 5.74) is 0. The summed E-state index contributed by atoms with van der Waals surface area (Å²) in [5, 5.41) is 4.44. The van der Waals surface area contributed by atoms with E-state index in [1.165, 1.54) is 15.9 Å². The van der Waals surface area contributed by atoms with Crippen LogP contribution in [-0.4, -0.2) is 0 Å². The molecular formula is C17H16Cl2FePPd+. The zero-order valence-electron chi connectivity index (χ0n) is 11.6. The van der Waals surface area contributed by atoms with Crippen molar-refractivity contribution in [2.75, 3.05) is 0 Å². The Morgan fingerprint density at radius 1 is 0.818 bits per heavy atom. The van der Waals surface area contributed by atoms with Gasteiger partial charge in [-0.15, -0.1) is 0 Å². The predicted octanol–water partition coefficient (Wildman–Crippen LogP) is 5.07. The molecular weight excluding hydrogens is 468 g/mol. The summed E-state index contributed by atoms with van der Waals surface area (Å²) in [6.45, 7) is 0. The van der Waals surface area contributed by atoms with Crippen LogP contribution < -0.4 is 10.6 Å². The molecule has 22 heavy (non-hydrogen) atoms. The van der Waals surface area contributed by atoms with E-state index >= 15 is 0 Å². The van der Waals surface area contributed by atoms with Gasteiger partial charge in [0.05, 0.1) is 13.2 Å². The molecule has 0 spiro atoms. The van der Waals surface area contributed by atoms with Crippen LogP contribution in [0.3, 0.4) is 0 Å². The van der Waals surface area contributed by atoms with Gasteiger partial charge in [0.1, 0.15) is 10.6 Å². The Labute approximate surface area is 160 Å². The average Bonchev–Trinajstić information content (AvgIpc) is 3.05. The van der Waals surface area contributed by atoms with Crippen LogP contribution in [0.4, 0.5) is 0 Å². The van der Waals surface area contributed by atoms with Gasteiger partial charge in [0.2, 0.25) is 0 Å². The van der Waals surface area contributed by atoms with E-state index in [1.54, 1.807) is 0 Å². The molecule has 0 saturated heterocycles. The van der Waals surface area contributed by atoms with Crippen molar-refractivity contribution in [2.45, 2.75) is 6.42 Å². The van der Waals surface area contributed by atoms with Gasteiger partial charge in [-0.2, -0.15) is 0 Å². The first-order chi connectivity index (χ1) is 10.4. The molecule has 0 aromatic heterocycles. The molecule has 3 rings (SSSR count). The Kier molecular flexibility index (Phi) is 10.6. The SMILES string of the molecule is C1=CC([PH+](c2ccccc2)c2ccccc2)=CC1.[Cl][Pd][Cl].[Fe]. The van der Waals surface area contributed by atoms with Crippen LogP contribution in [0.25, 0.3) is 0 Å². The monoisotopic (exact) mass is 483 g/mol. The standard InChI is InChI=1S/C17H15P.2ClH.Fe.Pd/c1-3-9-15(10-4-1)18(17-13-7-8-14-17)16-11-5-2-6-12-16;;;;/h1-7,9-14H,8H2;2*1H;;/q;;;;+2/p-1. The third-order valence-corrected chi connectivity index (χ3v) is 5.95. The minimum atomic E-state index is -0.803. The van der Waals surface area contributed by atoms with Crippen LogP contribution >= 0.6 is 27.0 Å². The molecule has 0 heterocycles. The van der Waals surface area contributed by atoms with Crippen LogP contribution in [0.5, 0.6) is 0 Å². The Hall–Kier alpha value is 0.112. The van der Waals surface area contributed by atoms with E-state index in [2.05, 4.69) is 78.9 Å². The van der Waals surface area contributed by atoms with E-state index in [9.17, 15) is 0 Å². The molecule has 0 atom stereocenters. The van der Waals surface area contributed by atoms with Crippen LogP contribution in [0.1, 0.15) is 6.42 Å². The summed E-state index contributed by atoms with van der Waals surface area (Å²) >= 11 is -0.106. The molecule has 0 fully saturated rings. The van der Waals surface area contributed by atoms with Crippen LogP contribution in [-0.2, 0) is 33.0 Å². The summed E-state index contributed by atoms with van der Waals surface area (Å²) in [7, 11) is 8.82. The second-order valence-electron chi connectivity index (χ2n) is 4.45. The zero-order chi connectivity index (χ0) is 14.9. The van der Waals surface area contributed by atoms with Gasteiger partial charge in [-0.3, -0.25) is 0 Å². The van der Waals surface area contributed by atoms with E-state index in [4.69, 9.17) is 19.1 Å². The van der Waals surface area contributed by atoms with Crippen molar-refractivity contribution in [1.29, 1.82) is 0 Å². The number of allylic oxidation sites excluding steroid dienone is 4. The molecule has 0 saturated carbocycles. The molecule has 0 aliphatic heterocycles. The Bertz CT molecular complexity index is 563. The summed E-state index contributed by atoms with van der Waals surface area (Å²) < 4.78 is 0. The second kappa shape index (κ2) is 11.6. The largest absolute Gasteiger partial charge is 0 e. The molecule has 0 bridgehead atoms. The van der Waals surface area contributed by atoms with E-state index in [0.29, 0.717) is 0 Å². The van der Waals surface area contributed by atoms with E-state index in [0.717, 1.165) is 6.42 Å². The van der Waals surface area contributed by atoms with Crippen molar-refractivity contribution in [2.24, 2.45) is 0 Å². The normalized spacial score (nSPS) is 12.4. The summed E-state index contributed by atoms with van der Waals surface area (Å²) in [5.74, 6) is 0. The first kappa shape index (κ1) is 20.2. The molecule has 120 valence electrons. The van der Waals surface area contributed by atoms with Crippen molar-refractivity contribution in [1.82, 2.24) is 0 Å². The third kappa shape index (κ3) is 5.96. The van der Waals surface area contributed by atoms with Gasteiger partial charge in [-0.1, -0.05) is 42.5 Å². The Morgan fingerprint density at radius 3 is 1.64 bits per heavy atom. The van der Waals surface area contributed by atoms with Gasteiger partial charge in [0.15, 0.2) is 0 Å². The minimum absolute atomic E-state index is 0. The van der Waals surface area contributed by atoms with Crippen LogP contribution in [0.15, 0.2) is 84.2 Å². The second-order valence-corrected chi connectivity index (χ2v) is 9.29. The summed E-state index contributed by atoms with van der Waals surface area (Å²) in [4.78, 5) is 0. The maximum Gasteiger partial charge on any atom is 0 e. The summed E-state index contributed by atoms with van der Waals surface area (Å²) in [6, 6.07) is 21.8. The fourth-order valence-corrected chi connectivity index (χ4v) is 5.01.